The van der Waals surface area contributed by atoms with Crippen molar-refractivity contribution in [3.8, 4) is 0 Å². The average molecular weight is 283 g/mol. The Hall–Kier alpha value is -1.74. The number of thioether (sulfide) groups is 1. The fourth-order valence-corrected chi connectivity index (χ4v) is 3.56. The molecule has 2 aromatic carbocycles. The van der Waals surface area contributed by atoms with Crippen LogP contribution in [0.15, 0.2) is 48.5 Å². The molecule has 0 N–H and O–H groups in total. The number of rotatable bonds is 2. The number of carbonyl (C=O) groups excluding carboxylic acids is 1. The van der Waals surface area contributed by atoms with Crippen molar-refractivity contribution in [2.45, 2.75) is 19.2 Å². The fraction of sp³-hybridized carbons (Fsp3) is 0.235. The minimum absolute atomic E-state index is 0.0887. The second kappa shape index (κ2) is 5.33. The van der Waals surface area contributed by atoms with Gasteiger partial charge in [-0.25, -0.2) is 0 Å². The smallest absolute Gasteiger partial charge is 0.238 e. The summed E-state index contributed by atoms with van der Waals surface area (Å²) in [5.74, 6) is 0.733. The number of carbonyl (C=O) groups is 1. The Labute approximate surface area is 123 Å². The Balaban J connectivity index is 1.96. The van der Waals surface area contributed by atoms with Crippen LogP contribution in [0, 0.1) is 13.8 Å². The van der Waals surface area contributed by atoms with Crippen LogP contribution in [0.2, 0.25) is 0 Å². The first-order valence-corrected chi connectivity index (χ1v) is 7.77. The molecule has 1 aliphatic rings. The van der Waals surface area contributed by atoms with Gasteiger partial charge in [0.25, 0.3) is 0 Å². The first-order chi connectivity index (χ1) is 9.65. The number of amides is 1. The standard InChI is InChI=1S/C17H17NOS/c1-12-3-7-14(8-4-12)17-18(16(19)11-20-17)15-9-5-13(2)6-10-15/h3-10,17H,11H2,1-2H3/t17-/m1/s1. The second-order valence-corrected chi connectivity index (χ2v) is 6.24. The van der Waals surface area contributed by atoms with E-state index in [-0.39, 0.29) is 11.3 Å². The van der Waals surface area contributed by atoms with E-state index in [2.05, 4.69) is 50.2 Å². The van der Waals surface area contributed by atoms with Gasteiger partial charge in [-0.05, 0) is 31.5 Å². The molecular weight excluding hydrogens is 266 g/mol. The summed E-state index contributed by atoms with van der Waals surface area (Å²) in [6.07, 6.45) is 0. The SMILES string of the molecule is Cc1ccc([C@H]2SCC(=O)N2c2ccc(C)cc2)cc1. The van der Waals surface area contributed by atoms with Gasteiger partial charge >= 0.3 is 0 Å². The molecule has 3 rings (SSSR count). The number of aryl methyl sites for hydroxylation is 2. The molecule has 1 heterocycles. The fourth-order valence-electron chi connectivity index (χ4n) is 2.39. The maximum Gasteiger partial charge on any atom is 0.238 e. The predicted molar refractivity (Wildman–Crippen MR) is 85.0 cm³/mol. The molecule has 0 aromatic heterocycles. The van der Waals surface area contributed by atoms with Crippen LogP contribution in [0.3, 0.4) is 0 Å². The lowest BCUT2D eigenvalue weighted by atomic mass is 10.1. The van der Waals surface area contributed by atoms with Crippen molar-refractivity contribution in [1.82, 2.24) is 0 Å². The van der Waals surface area contributed by atoms with Gasteiger partial charge in [0.05, 0.1) is 5.75 Å². The number of benzene rings is 2. The molecule has 0 spiro atoms. The van der Waals surface area contributed by atoms with Gasteiger partial charge in [-0.15, -0.1) is 11.8 Å². The molecule has 102 valence electrons. The summed E-state index contributed by atoms with van der Waals surface area (Å²) in [5, 5.41) is 0.0887. The van der Waals surface area contributed by atoms with E-state index in [4.69, 9.17) is 0 Å². The maximum absolute atomic E-state index is 12.2. The lowest BCUT2D eigenvalue weighted by Crippen LogP contribution is -2.27. The molecule has 1 saturated heterocycles. The van der Waals surface area contributed by atoms with E-state index in [0.29, 0.717) is 5.75 Å². The van der Waals surface area contributed by atoms with Crippen molar-refractivity contribution in [3.05, 3.63) is 65.2 Å². The molecule has 1 amide bonds. The highest BCUT2D eigenvalue weighted by molar-refractivity contribution is 8.00. The third-order valence-electron chi connectivity index (χ3n) is 3.54. The predicted octanol–water partition coefficient (Wildman–Crippen LogP) is 4.08. The monoisotopic (exact) mass is 283 g/mol. The molecule has 2 aromatic rings. The van der Waals surface area contributed by atoms with Crippen molar-refractivity contribution < 1.29 is 4.79 Å². The molecule has 1 fully saturated rings. The molecule has 1 atom stereocenters. The third-order valence-corrected chi connectivity index (χ3v) is 4.75. The molecule has 0 unspecified atom stereocenters. The molecule has 3 heteroatoms. The quantitative estimate of drug-likeness (QED) is 0.827. The van der Waals surface area contributed by atoms with Crippen LogP contribution < -0.4 is 4.90 Å². The lowest BCUT2D eigenvalue weighted by molar-refractivity contribution is -0.115. The minimum atomic E-state index is 0.0887. The summed E-state index contributed by atoms with van der Waals surface area (Å²) >= 11 is 1.69. The van der Waals surface area contributed by atoms with Crippen LogP contribution in [0.25, 0.3) is 0 Å². The van der Waals surface area contributed by atoms with Crippen molar-refractivity contribution in [3.63, 3.8) is 0 Å². The first-order valence-electron chi connectivity index (χ1n) is 6.72. The van der Waals surface area contributed by atoms with Crippen LogP contribution in [0.4, 0.5) is 5.69 Å². The summed E-state index contributed by atoms with van der Waals surface area (Å²) in [5.41, 5.74) is 4.62. The number of hydrogen-bond acceptors (Lipinski definition) is 2. The van der Waals surface area contributed by atoms with Crippen LogP contribution in [-0.2, 0) is 4.79 Å². The number of nitrogens with zero attached hydrogens (tertiary/aromatic N) is 1. The van der Waals surface area contributed by atoms with E-state index in [1.165, 1.54) is 16.7 Å². The topological polar surface area (TPSA) is 20.3 Å². The zero-order valence-electron chi connectivity index (χ0n) is 11.7. The highest BCUT2D eigenvalue weighted by Crippen LogP contribution is 2.41. The van der Waals surface area contributed by atoms with Crippen molar-refractivity contribution >= 4 is 23.4 Å². The van der Waals surface area contributed by atoms with E-state index in [1.807, 2.05) is 17.0 Å². The van der Waals surface area contributed by atoms with Gasteiger partial charge in [0.2, 0.25) is 5.91 Å². The van der Waals surface area contributed by atoms with Crippen LogP contribution in [-0.4, -0.2) is 11.7 Å². The van der Waals surface area contributed by atoms with E-state index in [0.717, 1.165) is 5.69 Å². The van der Waals surface area contributed by atoms with Crippen molar-refractivity contribution in [2.75, 3.05) is 10.7 Å². The summed E-state index contributed by atoms with van der Waals surface area (Å²) in [4.78, 5) is 14.1. The minimum Gasteiger partial charge on any atom is -0.295 e. The molecule has 0 saturated carbocycles. The Kier molecular flexibility index (Phi) is 3.53. The highest BCUT2D eigenvalue weighted by atomic mass is 32.2. The molecule has 0 radical (unpaired) electrons. The first kappa shape index (κ1) is 13.3. The van der Waals surface area contributed by atoms with Gasteiger partial charge in [-0.1, -0.05) is 47.5 Å². The number of hydrogen-bond donors (Lipinski definition) is 0. The van der Waals surface area contributed by atoms with E-state index in [1.54, 1.807) is 11.8 Å². The summed E-state index contributed by atoms with van der Waals surface area (Å²) in [6.45, 7) is 4.14. The van der Waals surface area contributed by atoms with Crippen molar-refractivity contribution in [2.24, 2.45) is 0 Å². The van der Waals surface area contributed by atoms with Crippen LogP contribution in [0.5, 0.6) is 0 Å². The molecule has 1 aliphatic heterocycles. The molecular formula is C17H17NOS. The third kappa shape index (κ3) is 2.46. The van der Waals surface area contributed by atoms with E-state index >= 15 is 0 Å². The zero-order valence-corrected chi connectivity index (χ0v) is 12.5. The number of anilines is 1. The van der Waals surface area contributed by atoms with Gasteiger partial charge in [-0.3, -0.25) is 9.69 Å². The largest absolute Gasteiger partial charge is 0.295 e. The molecule has 20 heavy (non-hydrogen) atoms. The van der Waals surface area contributed by atoms with Gasteiger partial charge in [0.15, 0.2) is 0 Å². The summed E-state index contributed by atoms with van der Waals surface area (Å²) < 4.78 is 0. The van der Waals surface area contributed by atoms with Gasteiger partial charge in [0, 0.05) is 5.69 Å². The Morgan fingerprint density at radius 3 is 2.10 bits per heavy atom. The Morgan fingerprint density at radius 1 is 0.950 bits per heavy atom. The average Bonchev–Trinajstić information content (AvgIpc) is 2.83. The Morgan fingerprint density at radius 2 is 1.50 bits per heavy atom. The summed E-state index contributed by atoms with van der Waals surface area (Å²) in [6, 6.07) is 16.6. The van der Waals surface area contributed by atoms with Crippen LogP contribution in [0.1, 0.15) is 22.1 Å². The molecule has 0 bridgehead atoms. The zero-order chi connectivity index (χ0) is 14.1. The van der Waals surface area contributed by atoms with Gasteiger partial charge in [0.1, 0.15) is 5.37 Å². The highest BCUT2D eigenvalue weighted by Gasteiger charge is 2.33. The van der Waals surface area contributed by atoms with Crippen molar-refractivity contribution in [1.29, 1.82) is 0 Å². The summed E-state index contributed by atoms with van der Waals surface area (Å²) in [7, 11) is 0. The normalized spacial score (nSPS) is 18.6. The van der Waals surface area contributed by atoms with E-state index in [9.17, 15) is 4.79 Å². The van der Waals surface area contributed by atoms with Gasteiger partial charge in [-0.2, -0.15) is 0 Å². The van der Waals surface area contributed by atoms with Crippen LogP contribution >= 0.6 is 11.8 Å². The second-order valence-electron chi connectivity index (χ2n) is 5.17. The maximum atomic E-state index is 12.2. The van der Waals surface area contributed by atoms with E-state index < -0.39 is 0 Å². The van der Waals surface area contributed by atoms with Gasteiger partial charge < -0.3 is 0 Å². The Bertz CT molecular complexity index is 618. The molecule has 0 aliphatic carbocycles. The molecule has 2 nitrogen and oxygen atoms in total. The lowest BCUT2D eigenvalue weighted by Gasteiger charge is -2.24.